The number of fused-ring (bicyclic) bond motifs is 7. The van der Waals surface area contributed by atoms with Gasteiger partial charge in [0.05, 0.1) is 31.0 Å². The van der Waals surface area contributed by atoms with E-state index in [0.29, 0.717) is 25.7 Å². The van der Waals surface area contributed by atoms with Crippen molar-refractivity contribution in [2.45, 2.75) is 142 Å². The van der Waals surface area contributed by atoms with Crippen LogP contribution in [0.5, 0.6) is 0 Å². The topological polar surface area (TPSA) is 197 Å². The van der Waals surface area contributed by atoms with Crippen LogP contribution in [0.15, 0.2) is 11.6 Å². The first-order valence-corrected chi connectivity index (χ1v) is 17.7. The molecule has 11 heteroatoms. The molecule has 6 aliphatic rings. The Morgan fingerprint density at radius 3 is 2.19 bits per heavy atom. The van der Waals surface area contributed by atoms with Crippen LogP contribution in [-0.4, -0.2) is 109 Å². The summed E-state index contributed by atoms with van der Waals surface area (Å²) < 4.78 is 11.5. The minimum Gasteiger partial charge on any atom is -0.432 e. The molecule has 5 aliphatic carbocycles. The Kier molecular flexibility index (Phi) is 8.68. The van der Waals surface area contributed by atoms with Gasteiger partial charge < -0.3 is 50.3 Å². The highest BCUT2D eigenvalue weighted by Gasteiger charge is 2.72. The van der Waals surface area contributed by atoms with Crippen LogP contribution in [0.1, 0.15) is 92.9 Å². The molecule has 0 aromatic carbocycles. The lowest BCUT2D eigenvalue weighted by atomic mass is 9.33. The Hall–Kier alpha value is -1.15. The highest BCUT2D eigenvalue weighted by atomic mass is 16.7. The lowest BCUT2D eigenvalue weighted by molar-refractivity contribution is -0.293. The molecule has 6 rings (SSSR count). The van der Waals surface area contributed by atoms with Gasteiger partial charge in [-0.1, -0.05) is 46.3 Å². The van der Waals surface area contributed by atoms with Crippen LogP contribution >= 0.6 is 0 Å². The van der Waals surface area contributed by atoms with Crippen molar-refractivity contribution in [3.05, 3.63) is 11.6 Å². The quantitative estimate of drug-likeness (QED) is 0.160. The Bertz CT molecular complexity index is 1280. The van der Waals surface area contributed by atoms with Gasteiger partial charge in [-0.25, -0.2) is 0 Å². The zero-order valence-electron chi connectivity index (χ0n) is 28.8. The summed E-state index contributed by atoms with van der Waals surface area (Å²) in [5.41, 5.74) is -3.00. The van der Waals surface area contributed by atoms with Gasteiger partial charge in [-0.15, -0.1) is 0 Å². The summed E-state index contributed by atoms with van der Waals surface area (Å²) in [6, 6.07) is 0. The fourth-order valence-electron chi connectivity index (χ4n) is 12.2. The molecule has 0 amide bonds. The van der Waals surface area contributed by atoms with E-state index < -0.39 is 88.0 Å². The van der Waals surface area contributed by atoms with Crippen LogP contribution in [0.25, 0.3) is 0 Å². The highest BCUT2D eigenvalue weighted by Crippen LogP contribution is 2.75. The number of hydrogen-bond donors (Lipinski definition) is 8. The first-order chi connectivity index (χ1) is 21.8. The fourth-order valence-corrected chi connectivity index (χ4v) is 12.2. The second kappa shape index (κ2) is 11.4. The van der Waals surface area contributed by atoms with Crippen LogP contribution in [0, 0.1) is 50.2 Å². The molecule has 1 saturated heterocycles. The van der Waals surface area contributed by atoms with E-state index in [9.17, 15) is 45.6 Å². The van der Waals surface area contributed by atoms with E-state index in [1.165, 1.54) is 6.92 Å². The average Bonchev–Trinajstić information content (AvgIpc) is 3.01. The predicted molar refractivity (Wildman–Crippen MR) is 169 cm³/mol. The van der Waals surface area contributed by atoms with E-state index in [-0.39, 0.29) is 43.3 Å². The van der Waals surface area contributed by atoms with Gasteiger partial charge in [0.15, 0.2) is 0 Å². The Labute approximate surface area is 278 Å². The summed E-state index contributed by atoms with van der Waals surface area (Å²) in [4.78, 5) is 14.4. The lowest BCUT2D eigenvalue weighted by Crippen LogP contribution is -2.70. The van der Waals surface area contributed by atoms with Gasteiger partial charge >= 0.3 is 5.97 Å². The van der Waals surface area contributed by atoms with Crippen LogP contribution in [0.4, 0.5) is 0 Å². The molecule has 0 radical (unpaired) electrons. The van der Waals surface area contributed by atoms with Crippen molar-refractivity contribution >= 4 is 5.97 Å². The molecule has 0 aromatic rings. The van der Waals surface area contributed by atoms with Crippen molar-refractivity contribution in [3.8, 4) is 0 Å². The molecule has 17 unspecified atom stereocenters. The number of carbonyl (C=O) groups excluding carboxylic acids is 1. The zero-order chi connectivity index (χ0) is 34.7. The summed E-state index contributed by atoms with van der Waals surface area (Å²) in [7, 11) is 0. The summed E-state index contributed by atoms with van der Waals surface area (Å²) >= 11 is 0. The van der Waals surface area contributed by atoms with Gasteiger partial charge in [0.1, 0.15) is 23.7 Å². The van der Waals surface area contributed by atoms with Gasteiger partial charge in [-0.2, -0.15) is 0 Å². The molecule has 47 heavy (non-hydrogen) atoms. The van der Waals surface area contributed by atoms with E-state index in [4.69, 9.17) is 9.47 Å². The predicted octanol–water partition coefficient (Wildman–Crippen LogP) is 1.41. The number of allylic oxidation sites excluding steroid dienone is 2. The number of rotatable bonds is 4. The van der Waals surface area contributed by atoms with Crippen molar-refractivity contribution in [1.29, 1.82) is 0 Å². The number of aliphatic hydroxyl groups is 8. The van der Waals surface area contributed by atoms with Gasteiger partial charge in [0.2, 0.25) is 6.29 Å². The van der Waals surface area contributed by atoms with E-state index in [1.54, 1.807) is 0 Å². The monoisotopic (exact) mass is 666 g/mol. The van der Waals surface area contributed by atoms with Crippen molar-refractivity contribution in [2.24, 2.45) is 50.2 Å². The smallest absolute Gasteiger partial charge is 0.317 e. The summed E-state index contributed by atoms with van der Waals surface area (Å²) in [6.07, 6.45) is -3.89. The highest BCUT2D eigenvalue weighted by molar-refractivity contribution is 5.80. The minimum absolute atomic E-state index is 0.0249. The molecule has 17 atom stereocenters. The molecule has 0 aromatic heterocycles. The van der Waals surface area contributed by atoms with Gasteiger partial charge in [-0.05, 0) is 97.7 Å². The molecule has 268 valence electrons. The van der Waals surface area contributed by atoms with E-state index >= 15 is 0 Å². The maximum Gasteiger partial charge on any atom is 0.317 e. The van der Waals surface area contributed by atoms with E-state index in [2.05, 4.69) is 26.8 Å². The number of esters is 1. The number of aliphatic hydroxyl groups excluding tert-OH is 8. The van der Waals surface area contributed by atoms with Crippen LogP contribution in [-0.2, 0) is 14.3 Å². The van der Waals surface area contributed by atoms with E-state index in [1.807, 2.05) is 13.8 Å². The summed E-state index contributed by atoms with van der Waals surface area (Å²) in [5.74, 6) is -1.16. The minimum atomic E-state index is -1.67. The lowest BCUT2D eigenvalue weighted by Gasteiger charge is -2.72. The molecular weight excluding hydrogens is 608 g/mol. The van der Waals surface area contributed by atoms with E-state index in [0.717, 1.165) is 18.4 Å². The van der Waals surface area contributed by atoms with Gasteiger partial charge in [-0.3, -0.25) is 4.79 Å². The first-order valence-electron chi connectivity index (χ1n) is 17.7. The SMILES string of the molecule is CC1OC(OC(=O)C23CCC(C)(CO)CC2C2=CCC4C5(C)CC(O)C(O)C(C)(CO)C5CCC4(C)C2(C)CC3O)C(O)C(O)C1O. The summed E-state index contributed by atoms with van der Waals surface area (Å²) in [6.45, 7) is 11.7. The molecule has 1 aliphatic heterocycles. The molecule has 4 saturated carbocycles. The van der Waals surface area contributed by atoms with Crippen LogP contribution < -0.4 is 0 Å². The van der Waals surface area contributed by atoms with Gasteiger partial charge in [0.25, 0.3) is 0 Å². The normalized spacial score (nSPS) is 57.5. The maximum absolute atomic E-state index is 14.4. The second-order valence-corrected chi connectivity index (χ2v) is 17.7. The molecule has 1 heterocycles. The molecule has 8 N–H and O–H groups in total. The third-order valence-electron chi connectivity index (χ3n) is 15.4. The number of ether oxygens (including phenoxy) is 2. The van der Waals surface area contributed by atoms with Crippen molar-refractivity contribution in [1.82, 2.24) is 0 Å². The first kappa shape index (κ1) is 35.7. The Balaban J connectivity index is 1.41. The molecule has 0 spiro atoms. The fraction of sp³-hybridized carbons (Fsp3) is 0.917. The summed E-state index contributed by atoms with van der Waals surface area (Å²) in [5, 5.41) is 86.9. The maximum atomic E-state index is 14.4. The molecule has 0 bridgehead atoms. The molecule has 5 fully saturated rings. The zero-order valence-corrected chi connectivity index (χ0v) is 28.8. The number of hydrogen-bond acceptors (Lipinski definition) is 11. The van der Waals surface area contributed by atoms with Crippen molar-refractivity contribution in [3.63, 3.8) is 0 Å². The van der Waals surface area contributed by atoms with Gasteiger partial charge in [0, 0.05) is 12.0 Å². The van der Waals surface area contributed by atoms with Crippen LogP contribution in [0.2, 0.25) is 0 Å². The number of carbonyl (C=O) groups is 1. The Morgan fingerprint density at radius 1 is 0.872 bits per heavy atom. The third kappa shape index (κ3) is 4.67. The largest absolute Gasteiger partial charge is 0.432 e. The third-order valence-corrected chi connectivity index (χ3v) is 15.4. The van der Waals surface area contributed by atoms with Crippen molar-refractivity contribution < 1.29 is 55.1 Å². The standard InChI is InChI=1S/C36H58O11/c1-18-25(41)26(42)27(43)29(46-18)47-30(45)36-12-11-31(2,16-37)13-20(36)19-7-8-23-32(3)14-21(39)28(44)33(4,17-38)22(32)9-10-34(23,5)35(19,6)15-24(36)40/h7,18,20-29,37-44H,8-17H2,1-6H3. The second-order valence-electron chi connectivity index (χ2n) is 17.7. The van der Waals surface area contributed by atoms with Crippen molar-refractivity contribution in [2.75, 3.05) is 13.2 Å². The van der Waals surface area contributed by atoms with Crippen LogP contribution in [0.3, 0.4) is 0 Å². The average molecular weight is 667 g/mol. The Morgan fingerprint density at radius 2 is 1.55 bits per heavy atom. The molecule has 11 nitrogen and oxygen atoms in total. The molecular formula is C36H58O11.